The molecule has 0 saturated carbocycles. The Morgan fingerprint density at radius 1 is 1.15 bits per heavy atom. The number of hydrogen-bond donors (Lipinski definition) is 2. The van der Waals surface area contributed by atoms with Crippen LogP contribution in [0.25, 0.3) is 0 Å². The molecular formula is C16H15F2NO. The lowest BCUT2D eigenvalue weighted by atomic mass is 10.1. The lowest BCUT2D eigenvalue weighted by Gasteiger charge is -2.16. The minimum absolute atomic E-state index is 0.0535. The van der Waals surface area contributed by atoms with E-state index in [1.165, 1.54) is 19.1 Å². The molecule has 4 heteroatoms. The maximum Gasteiger partial charge on any atom is 0.146 e. The number of anilines is 1. The highest BCUT2D eigenvalue weighted by molar-refractivity contribution is 5.51. The van der Waals surface area contributed by atoms with Gasteiger partial charge in [0, 0.05) is 6.07 Å². The Morgan fingerprint density at radius 2 is 1.95 bits per heavy atom. The van der Waals surface area contributed by atoms with Gasteiger partial charge < -0.3 is 10.4 Å². The van der Waals surface area contributed by atoms with E-state index < -0.39 is 11.6 Å². The molecule has 3 rings (SSSR count). The van der Waals surface area contributed by atoms with Crippen molar-refractivity contribution in [3.63, 3.8) is 0 Å². The summed E-state index contributed by atoms with van der Waals surface area (Å²) >= 11 is 0. The van der Waals surface area contributed by atoms with Gasteiger partial charge in [-0.05, 0) is 54.7 Å². The number of phenolic OH excluding ortho intramolecular Hbond substituents is 1. The summed E-state index contributed by atoms with van der Waals surface area (Å²) in [4.78, 5) is 0. The van der Waals surface area contributed by atoms with Gasteiger partial charge in [0.15, 0.2) is 0 Å². The van der Waals surface area contributed by atoms with Crippen molar-refractivity contribution in [3.8, 4) is 5.75 Å². The highest BCUT2D eigenvalue weighted by Gasteiger charge is 2.23. The van der Waals surface area contributed by atoms with E-state index in [1.54, 1.807) is 12.1 Å². The van der Waals surface area contributed by atoms with Gasteiger partial charge in [0.1, 0.15) is 17.4 Å². The van der Waals surface area contributed by atoms with Crippen molar-refractivity contribution in [2.75, 3.05) is 5.32 Å². The van der Waals surface area contributed by atoms with E-state index in [2.05, 4.69) is 5.32 Å². The molecule has 0 fully saturated rings. The molecular weight excluding hydrogens is 260 g/mol. The van der Waals surface area contributed by atoms with E-state index in [9.17, 15) is 13.9 Å². The Kier molecular flexibility index (Phi) is 3.08. The van der Waals surface area contributed by atoms with Gasteiger partial charge in [-0.15, -0.1) is 0 Å². The van der Waals surface area contributed by atoms with E-state index in [0.717, 1.165) is 24.0 Å². The zero-order chi connectivity index (χ0) is 14.3. The average Bonchev–Trinajstić information content (AvgIpc) is 2.78. The minimum atomic E-state index is -0.448. The summed E-state index contributed by atoms with van der Waals surface area (Å²) in [5.41, 5.74) is 2.56. The molecule has 1 atom stereocenters. The van der Waals surface area contributed by atoms with Crippen LogP contribution in [0.5, 0.6) is 5.75 Å². The van der Waals surface area contributed by atoms with Gasteiger partial charge >= 0.3 is 0 Å². The lowest BCUT2D eigenvalue weighted by Crippen LogP contribution is -2.09. The van der Waals surface area contributed by atoms with E-state index in [-0.39, 0.29) is 17.5 Å². The minimum Gasteiger partial charge on any atom is -0.508 e. The summed E-state index contributed by atoms with van der Waals surface area (Å²) in [5, 5.41) is 12.5. The quantitative estimate of drug-likeness (QED) is 0.865. The van der Waals surface area contributed by atoms with E-state index in [4.69, 9.17) is 0 Å². The first-order valence-corrected chi connectivity index (χ1v) is 6.58. The van der Waals surface area contributed by atoms with Crippen molar-refractivity contribution in [1.29, 1.82) is 0 Å². The second-order valence-corrected chi connectivity index (χ2v) is 5.20. The molecule has 0 radical (unpaired) electrons. The number of halogens is 2. The Hall–Kier alpha value is -2.10. The molecule has 1 aliphatic carbocycles. The fourth-order valence-corrected chi connectivity index (χ4v) is 2.70. The molecule has 0 aromatic heterocycles. The lowest BCUT2D eigenvalue weighted by molar-refractivity contribution is 0.474. The number of hydrogen-bond acceptors (Lipinski definition) is 2. The van der Waals surface area contributed by atoms with Gasteiger partial charge in [-0.3, -0.25) is 0 Å². The smallest absolute Gasteiger partial charge is 0.146 e. The third-order valence-corrected chi connectivity index (χ3v) is 3.78. The van der Waals surface area contributed by atoms with E-state index in [0.29, 0.717) is 5.56 Å². The molecule has 2 aromatic carbocycles. The largest absolute Gasteiger partial charge is 0.508 e. The Balaban J connectivity index is 1.89. The summed E-state index contributed by atoms with van der Waals surface area (Å²) in [6.45, 7) is 1.54. The summed E-state index contributed by atoms with van der Waals surface area (Å²) < 4.78 is 27.4. The van der Waals surface area contributed by atoms with Gasteiger partial charge in [0.05, 0.1) is 11.7 Å². The summed E-state index contributed by atoms with van der Waals surface area (Å²) in [6, 6.07) is 7.52. The maximum absolute atomic E-state index is 13.9. The van der Waals surface area contributed by atoms with Crippen molar-refractivity contribution in [1.82, 2.24) is 0 Å². The third-order valence-electron chi connectivity index (χ3n) is 3.78. The van der Waals surface area contributed by atoms with E-state index >= 15 is 0 Å². The number of aryl methyl sites for hydroxylation is 2. The van der Waals surface area contributed by atoms with Gasteiger partial charge in [0.2, 0.25) is 0 Å². The monoisotopic (exact) mass is 275 g/mol. The molecule has 1 aliphatic rings. The molecule has 0 spiro atoms. The van der Waals surface area contributed by atoms with Crippen molar-refractivity contribution in [3.05, 3.63) is 58.7 Å². The van der Waals surface area contributed by atoms with Crippen LogP contribution < -0.4 is 5.32 Å². The van der Waals surface area contributed by atoms with Crippen LogP contribution in [-0.4, -0.2) is 5.11 Å². The van der Waals surface area contributed by atoms with Crippen LogP contribution in [0, 0.1) is 18.6 Å². The number of fused-ring (bicyclic) bond motifs is 1. The molecule has 20 heavy (non-hydrogen) atoms. The predicted molar refractivity (Wildman–Crippen MR) is 73.9 cm³/mol. The van der Waals surface area contributed by atoms with Gasteiger partial charge in [-0.2, -0.15) is 0 Å². The van der Waals surface area contributed by atoms with Crippen LogP contribution in [-0.2, 0) is 6.42 Å². The zero-order valence-electron chi connectivity index (χ0n) is 11.1. The fourth-order valence-electron chi connectivity index (χ4n) is 2.70. The standard InChI is InChI=1S/C16H15F2NO/c1-9-6-14(18)16(8-13(9)17)19-15-5-2-10-7-11(20)3-4-12(10)15/h3-4,6-8,15,19-20H,2,5H2,1H3. The number of benzene rings is 2. The molecule has 2 aromatic rings. The predicted octanol–water partition coefficient (Wildman–Crippen LogP) is 4.08. The van der Waals surface area contributed by atoms with Crippen LogP contribution in [0.1, 0.15) is 29.2 Å². The first kappa shape index (κ1) is 12.9. The van der Waals surface area contributed by atoms with Crippen molar-refractivity contribution >= 4 is 5.69 Å². The average molecular weight is 275 g/mol. The molecule has 0 heterocycles. The van der Waals surface area contributed by atoms with Crippen LogP contribution >= 0.6 is 0 Å². The number of nitrogens with one attached hydrogen (secondary N) is 1. The maximum atomic E-state index is 13.9. The van der Waals surface area contributed by atoms with Crippen LogP contribution in [0.4, 0.5) is 14.5 Å². The van der Waals surface area contributed by atoms with Crippen molar-refractivity contribution in [2.24, 2.45) is 0 Å². The second-order valence-electron chi connectivity index (χ2n) is 5.20. The summed E-state index contributed by atoms with van der Waals surface area (Å²) in [5.74, 6) is -0.633. The SMILES string of the molecule is Cc1cc(F)c(NC2CCc3cc(O)ccc32)cc1F. The highest BCUT2D eigenvalue weighted by Crippen LogP contribution is 2.36. The van der Waals surface area contributed by atoms with Gasteiger partial charge in [-0.1, -0.05) is 6.07 Å². The first-order chi connectivity index (χ1) is 9.54. The van der Waals surface area contributed by atoms with Crippen molar-refractivity contribution in [2.45, 2.75) is 25.8 Å². The van der Waals surface area contributed by atoms with E-state index in [1.807, 2.05) is 6.07 Å². The molecule has 0 amide bonds. The molecule has 2 nitrogen and oxygen atoms in total. The Morgan fingerprint density at radius 3 is 2.75 bits per heavy atom. The Labute approximate surface area is 116 Å². The van der Waals surface area contributed by atoms with Gasteiger partial charge in [-0.25, -0.2) is 8.78 Å². The number of phenols is 1. The highest BCUT2D eigenvalue weighted by atomic mass is 19.1. The van der Waals surface area contributed by atoms with Crippen LogP contribution in [0.2, 0.25) is 0 Å². The van der Waals surface area contributed by atoms with Crippen LogP contribution in [0.3, 0.4) is 0 Å². The number of aromatic hydroxyl groups is 1. The van der Waals surface area contributed by atoms with Crippen LogP contribution in [0.15, 0.2) is 30.3 Å². The second kappa shape index (κ2) is 4.78. The topological polar surface area (TPSA) is 32.3 Å². The third kappa shape index (κ3) is 2.22. The van der Waals surface area contributed by atoms with Crippen molar-refractivity contribution < 1.29 is 13.9 Å². The summed E-state index contributed by atoms with van der Waals surface area (Å²) in [7, 11) is 0. The Bertz CT molecular complexity index is 670. The molecule has 1 unspecified atom stereocenters. The molecule has 0 saturated heterocycles. The first-order valence-electron chi connectivity index (χ1n) is 6.58. The molecule has 2 N–H and O–H groups in total. The molecule has 0 bridgehead atoms. The molecule has 0 aliphatic heterocycles. The number of rotatable bonds is 2. The fraction of sp³-hybridized carbons (Fsp3) is 0.250. The normalized spacial score (nSPS) is 17.1. The summed E-state index contributed by atoms with van der Waals surface area (Å²) in [6.07, 6.45) is 1.62. The molecule has 104 valence electrons. The van der Waals surface area contributed by atoms with Gasteiger partial charge in [0.25, 0.3) is 0 Å². The zero-order valence-corrected chi connectivity index (χ0v) is 11.1.